The van der Waals surface area contributed by atoms with E-state index < -0.39 is 6.04 Å². The van der Waals surface area contributed by atoms with Gasteiger partial charge < -0.3 is 9.47 Å². The summed E-state index contributed by atoms with van der Waals surface area (Å²) in [5.41, 5.74) is 3.55. The van der Waals surface area contributed by atoms with Crippen LogP contribution in [0.25, 0.3) is 5.69 Å². The van der Waals surface area contributed by atoms with Crippen LogP contribution in [0.4, 0.5) is 10.1 Å². The Bertz CT molecular complexity index is 1510. The summed E-state index contributed by atoms with van der Waals surface area (Å²) < 4.78 is 15.9. The molecule has 8 heteroatoms. The highest BCUT2D eigenvalue weighted by molar-refractivity contribution is 6.36. The number of fused-ring (bicyclic) bond motifs is 3. The Kier molecular flexibility index (Phi) is 6.01. The number of benzene rings is 3. The molecule has 2 heterocycles. The summed E-state index contributed by atoms with van der Waals surface area (Å²) in [6, 6.07) is 22.0. The molecule has 1 aliphatic heterocycles. The number of amides is 2. The first-order valence-electron chi connectivity index (χ1n) is 12.0. The number of carbonyl (C=O) groups excluding carboxylic acids is 2. The largest absolute Gasteiger partial charge is 0.326 e. The Morgan fingerprint density at radius 2 is 1.65 bits per heavy atom. The molecule has 1 unspecified atom stereocenters. The number of hydrogen-bond donors (Lipinski definition) is 0. The maximum Gasteiger partial charge on any atom is 0.256 e. The van der Waals surface area contributed by atoms with Gasteiger partial charge in [0.25, 0.3) is 5.91 Å². The van der Waals surface area contributed by atoms with E-state index in [0.717, 1.165) is 35.5 Å². The third-order valence-electron chi connectivity index (χ3n) is 6.89. The molecule has 1 saturated carbocycles. The molecule has 37 heavy (non-hydrogen) atoms. The normalized spacial score (nSPS) is 16.2. The summed E-state index contributed by atoms with van der Waals surface area (Å²) in [6.45, 7) is -0.116. The van der Waals surface area contributed by atoms with Crippen LogP contribution in [0.15, 0.2) is 85.1 Å². The van der Waals surface area contributed by atoms with E-state index in [2.05, 4.69) is 0 Å². The first-order valence-corrected chi connectivity index (χ1v) is 12.8. The Hall–Kier alpha value is -3.61. The Balaban J connectivity index is 1.41. The fraction of sp³-hybridized carbons (Fsp3) is 0.172. The van der Waals surface area contributed by atoms with Gasteiger partial charge in [-0.2, -0.15) is 0 Å². The van der Waals surface area contributed by atoms with E-state index in [9.17, 15) is 14.0 Å². The van der Waals surface area contributed by atoms with Crippen LogP contribution in [-0.4, -0.2) is 33.9 Å². The lowest BCUT2D eigenvalue weighted by Crippen LogP contribution is -2.47. The molecular weight excluding hydrogens is 512 g/mol. The Morgan fingerprint density at radius 3 is 2.35 bits per heavy atom. The number of rotatable bonds is 5. The lowest BCUT2D eigenvalue weighted by molar-refractivity contribution is -0.119. The molecule has 0 radical (unpaired) electrons. The summed E-state index contributed by atoms with van der Waals surface area (Å²) in [7, 11) is 0. The zero-order valence-corrected chi connectivity index (χ0v) is 21.2. The molecule has 1 fully saturated rings. The summed E-state index contributed by atoms with van der Waals surface area (Å²) in [4.78, 5) is 31.0. The zero-order chi connectivity index (χ0) is 25.7. The van der Waals surface area contributed by atoms with Crippen molar-refractivity contribution >= 4 is 40.7 Å². The smallest absolute Gasteiger partial charge is 0.256 e. The van der Waals surface area contributed by atoms with Crippen LogP contribution >= 0.6 is 23.2 Å². The second-order valence-electron chi connectivity index (χ2n) is 9.30. The molecule has 0 spiro atoms. The van der Waals surface area contributed by atoms with Crippen molar-refractivity contribution < 1.29 is 14.0 Å². The third-order valence-corrected chi connectivity index (χ3v) is 7.44. The van der Waals surface area contributed by atoms with Crippen LogP contribution in [0.3, 0.4) is 0 Å². The Labute approximate surface area is 223 Å². The maximum atomic E-state index is 14.2. The van der Waals surface area contributed by atoms with Crippen molar-refractivity contribution in [2.24, 2.45) is 0 Å². The zero-order valence-electron chi connectivity index (χ0n) is 19.7. The van der Waals surface area contributed by atoms with Crippen LogP contribution in [0.1, 0.15) is 40.5 Å². The molecule has 1 atom stereocenters. The number of nitrogens with zero attached hydrogens (tertiary/aromatic N) is 3. The lowest BCUT2D eigenvalue weighted by atomic mass is 9.97. The van der Waals surface area contributed by atoms with E-state index in [1.165, 1.54) is 18.2 Å². The molecule has 2 aliphatic rings. The number of halogens is 3. The van der Waals surface area contributed by atoms with Gasteiger partial charge in [0.05, 0.1) is 27.7 Å². The van der Waals surface area contributed by atoms with Gasteiger partial charge in [-0.25, -0.2) is 4.39 Å². The van der Waals surface area contributed by atoms with Crippen molar-refractivity contribution in [2.45, 2.75) is 24.9 Å². The van der Waals surface area contributed by atoms with Gasteiger partial charge >= 0.3 is 0 Å². The maximum absolute atomic E-state index is 14.2. The second kappa shape index (κ2) is 9.36. The molecule has 0 N–H and O–H groups in total. The van der Waals surface area contributed by atoms with E-state index in [1.54, 1.807) is 34.1 Å². The van der Waals surface area contributed by atoms with Crippen LogP contribution in [-0.2, 0) is 4.79 Å². The fourth-order valence-electron chi connectivity index (χ4n) is 5.01. The quantitative estimate of drug-likeness (QED) is 0.287. The summed E-state index contributed by atoms with van der Waals surface area (Å²) >= 11 is 12.4. The van der Waals surface area contributed by atoms with E-state index in [-0.39, 0.29) is 35.2 Å². The highest BCUT2D eigenvalue weighted by Gasteiger charge is 2.40. The van der Waals surface area contributed by atoms with Gasteiger partial charge in [-0.15, -0.1) is 0 Å². The number of hydrogen-bond acceptors (Lipinski definition) is 2. The van der Waals surface area contributed by atoms with E-state index in [4.69, 9.17) is 23.2 Å². The SMILES string of the molecule is O=C(c1ccc(Cl)cc1Cl)N(CC(=O)N1c2ccccc2-n2cccc2C1c1ccc(F)cc1)C1CC1. The Morgan fingerprint density at radius 1 is 0.919 bits per heavy atom. The average molecular weight is 534 g/mol. The topological polar surface area (TPSA) is 45.6 Å². The van der Waals surface area contributed by atoms with Gasteiger partial charge in [0.1, 0.15) is 18.4 Å². The van der Waals surface area contributed by atoms with Gasteiger partial charge in [0, 0.05) is 17.3 Å². The number of anilines is 1. The third kappa shape index (κ3) is 4.30. The van der Waals surface area contributed by atoms with E-state index in [1.807, 2.05) is 47.2 Å². The lowest BCUT2D eigenvalue weighted by Gasteiger charge is -2.39. The van der Waals surface area contributed by atoms with E-state index in [0.29, 0.717) is 10.6 Å². The van der Waals surface area contributed by atoms with Gasteiger partial charge in [-0.1, -0.05) is 47.5 Å². The molecule has 4 aromatic rings. The molecule has 5 nitrogen and oxygen atoms in total. The summed E-state index contributed by atoms with van der Waals surface area (Å²) in [5, 5.41) is 0.687. The minimum absolute atomic E-state index is 0.0311. The molecule has 0 saturated heterocycles. The van der Waals surface area contributed by atoms with Gasteiger partial charge in [0.15, 0.2) is 0 Å². The minimum atomic E-state index is -0.492. The van der Waals surface area contributed by atoms with Crippen LogP contribution in [0, 0.1) is 5.82 Å². The highest BCUT2D eigenvalue weighted by atomic mass is 35.5. The van der Waals surface area contributed by atoms with Crippen LogP contribution in [0.5, 0.6) is 0 Å². The fourth-order valence-corrected chi connectivity index (χ4v) is 5.50. The summed E-state index contributed by atoms with van der Waals surface area (Å²) in [6.07, 6.45) is 3.60. The number of carbonyl (C=O) groups is 2. The van der Waals surface area contributed by atoms with Crippen LogP contribution in [0.2, 0.25) is 10.0 Å². The van der Waals surface area contributed by atoms with Crippen molar-refractivity contribution in [3.05, 3.63) is 118 Å². The van der Waals surface area contributed by atoms with Gasteiger partial charge in [-0.05, 0) is 73.0 Å². The van der Waals surface area contributed by atoms with Crippen LogP contribution < -0.4 is 4.90 Å². The highest BCUT2D eigenvalue weighted by Crippen LogP contribution is 2.42. The first-order chi connectivity index (χ1) is 17.9. The molecule has 3 aromatic carbocycles. The van der Waals surface area contributed by atoms with Crippen molar-refractivity contribution in [1.29, 1.82) is 0 Å². The van der Waals surface area contributed by atoms with Crippen molar-refractivity contribution in [2.75, 3.05) is 11.4 Å². The monoisotopic (exact) mass is 533 g/mol. The predicted octanol–water partition coefficient (Wildman–Crippen LogP) is 6.66. The molecule has 2 amide bonds. The molecule has 1 aliphatic carbocycles. The number of aromatic nitrogens is 1. The molecule has 1 aromatic heterocycles. The predicted molar refractivity (Wildman–Crippen MR) is 142 cm³/mol. The second-order valence-corrected chi connectivity index (χ2v) is 10.1. The minimum Gasteiger partial charge on any atom is -0.326 e. The van der Waals surface area contributed by atoms with Crippen molar-refractivity contribution in [3.8, 4) is 5.69 Å². The average Bonchev–Trinajstić information content (AvgIpc) is 3.61. The molecule has 6 rings (SSSR count). The molecule has 0 bridgehead atoms. The number of para-hydroxylation sites is 2. The first kappa shape index (κ1) is 23.8. The molecule has 186 valence electrons. The standard InChI is InChI=1S/C29H22Cl2FN3O2/c30-19-9-14-22(23(31)16-19)29(37)34(21-12-13-21)17-27(36)35-25-5-2-1-4-24(25)33-15-3-6-26(33)28(35)18-7-10-20(32)11-8-18/h1-11,14-16,21,28H,12-13,17H2. The van der Waals surface area contributed by atoms with Gasteiger partial charge in [0.2, 0.25) is 5.91 Å². The van der Waals surface area contributed by atoms with Crippen molar-refractivity contribution in [1.82, 2.24) is 9.47 Å². The van der Waals surface area contributed by atoms with E-state index >= 15 is 0 Å². The van der Waals surface area contributed by atoms with Gasteiger partial charge in [-0.3, -0.25) is 14.5 Å². The summed E-state index contributed by atoms with van der Waals surface area (Å²) in [5.74, 6) is -0.886. The molecular formula is C29H22Cl2FN3O2. The van der Waals surface area contributed by atoms with Crippen molar-refractivity contribution in [3.63, 3.8) is 0 Å².